The lowest BCUT2D eigenvalue weighted by molar-refractivity contribution is -0.138. The maximum absolute atomic E-state index is 10.3. The van der Waals surface area contributed by atoms with Crippen LogP contribution in [-0.4, -0.2) is 37.0 Å². The molecule has 0 aromatic heterocycles. The first-order chi connectivity index (χ1) is 5.54. The Morgan fingerprint density at radius 2 is 2.25 bits per heavy atom. The fourth-order valence-electron chi connectivity index (χ4n) is 0.653. The van der Waals surface area contributed by atoms with Gasteiger partial charge >= 0.3 is 5.97 Å². The number of aliphatic carboxylic acids is 1. The molecule has 0 heterocycles. The number of carbonyl (C=O) groups is 1. The van der Waals surface area contributed by atoms with Gasteiger partial charge in [-0.05, 0) is 17.5 Å². The summed E-state index contributed by atoms with van der Waals surface area (Å²) in [6, 6.07) is -0.675. The molecule has 0 aliphatic carbocycles. The molecule has 1 atom stereocenters. The van der Waals surface area contributed by atoms with Crippen LogP contribution >= 0.6 is 11.8 Å². The number of carboxylic acids is 1. The Bertz CT molecular complexity index is 143. The second-order valence-corrected chi connectivity index (χ2v) is 8.14. The number of nitrogens with two attached hydrogens (primary N) is 1. The predicted molar refractivity (Wildman–Crippen MR) is 56.4 cm³/mol. The van der Waals surface area contributed by atoms with Crippen molar-refractivity contribution in [2.24, 2.45) is 5.73 Å². The third-order valence-electron chi connectivity index (χ3n) is 1.34. The minimum Gasteiger partial charge on any atom is -0.480 e. The second kappa shape index (κ2) is 6.51. The quantitative estimate of drug-likeness (QED) is 0.493. The van der Waals surface area contributed by atoms with E-state index in [9.17, 15) is 4.79 Å². The molecule has 0 aliphatic heterocycles. The zero-order chi connectivity index (χ0) is 9.56. The summed E-state index contributed by atoms with van der Waals surface area (Å²) >= 11 is 1.83. The highest BCUT2D eigenvalue weighted by atomic mass is 32.2. The monoisotopic (exact) mass is 207 g/mol. The van der Waals surface area contributed by atoms with Gasteiger partial charge in [0.25, 0.3) is 0 Å². The molecule has 0 aromatic carbocycles. The van der Waals surface area contributed by atoms with Crippen molar-refractivity contribution < 1.29 is 9.90 Å². The number of hydrogen-bond acceptors (Lipinski definition) is 3. The van der Waals surface area contributed by atoms with Crippen molar-refractivity contribution in [1.29, 1.82) is 0 Å². The lowest BCUT2D eigenvalue weighted by atomic mass is 10.2. The van der Waals surface area contributed by atoms with Crippen LogP contribution in [0.1, 0.15) is 6.42 Å². The fraction of sp³-hybridized carbons (Fsp3) is 0.857. The first kappa shape index (κ1) is 12.0. The molecule has 0 saturated carbocycles. The topological polar surface area (TPSA) is 63.3 Å². The number of thioether (sulfide) groups is 1. The van der Waals surface area contributed by atoms with Gasteiger partial charge in [-0.3, -0.25) is 4.79 Å². The molecule has 0 unspecified atom stereocenters. The summed E-state index contributed by atoms with van der Waals surface area (Å²) < 4.78 is 0. The zero-order valence-electron chi connectivity index (χ0n) is 7.62. The Labute approximate surface area is 79.3 Å². The molecule has 0 saturated heterocycles. The summed E-state index contributed by atoms with van der Waals surface area (Å²) in [5, 5.41) is 9.68. The van der Waals surface area contributed by atoms with Gasteiger partial charge < -0.3 is 10.8 Å². The van der Waals surface area contributed by atoms with E-state index < -0.39 is 20.8 Å². The van der Waals surface area contributed by atoms with E-state index in [1.807, 2.05) is 11.8 Å². The van der Waals surface area contributed by atoms with Gasteiger partial charge in [0.05, 0.1) is 0 Å². The van der Waals surface area contributed by atoms with Gasteiger partial charge in [0.1, 0.15) is 6.04 Å². The van der Waals surface area contributed by atoms with Gasteiger partial charge in [0.2, 0.25) is 0 Å². The Balaban J connectivity index is 3.25. The summed E-state index contributed by atoms with van der Waals surface area (Å²) in [6.07, 6.45) is 0.584. The molecule has 12 heavy (non-hydrogen) atoms. The van der Waals surface area contributed by atoms with Crippen LogP contribution < -0.4 is 5.73 Å². The van der Waals surface area contributed by atoms with Crippen molar-refractivity contribution in [3.63, 3.8) is 0 Å². The number of hydrogen-bond donors (Lipinski definition) is 2. The summed E-state index contributed by atoms with van der Waals surface area (Å²) in [7, 11) is -0.483. The van der Waals surface area contributed by atoms with E-state index >= 15 is 0 Å². The minimum atomic E-state index is -0.891. The lowest BCUT2D eigenvalue weighted by Gasteiger charge is -2.06. The van der Waals surface area contributed by atoms with E-state index in [0.717, 1.165) is 5.75 Å². The van der Waals surface area contributed by atoms with E-state index in [4.69, 9.17) is 10.8 Å². The van der Waals surface area contributed by atoms with Crippen LogP contribution in [0.25, 0.3) is 0 Å². The van der Waals surface area contributed by atoms with E-state index in [0.29, 0.717) is 6.42 Å². The van der Waals surface area contributed by atoms with Crippen molar-refractivity contribution in [1.82, 2.24) is 0 Å². The highest BCUT2D eigenvalue weighted by Gasteiger charge is 2.10. The summed E-state index contributed by atoms with van der Waals surface area (Å²) in [4.78, 5) is 10.3. The average Bonchev–Trinajstić information content (AvgIpc) is 1.97. The van der Waals surface area contributed by atoms with Crippen molar-refractivity contribution in [3.05, 3.63) is 0 Å². The van der Waals surface area contributed by atoms with Crippen LogP contribution in [0.4, 0.5) is 0 Å². The minimum absolute atomic E-state index is 0.483. The van der Waals surface area contributed by atoms with E-state index in [1.54, 1.807) is 0 Å². The van der Waals surface area contributed by atoms with Gasteiger partial charge in [-0.2, -0.15) is 11.8 Å². The van der Waals surface area contributed by atoms with E-state index in [1.165, 1.54) is 5.38 Å². The van der Waals surface area contributed by atoms with Crippen LogP contribution in [0, 0.1) is 0 Å². The lowest BCUT2D eigenvalue weighted by Crippen LogP contribution is -2.30. The molecule has 0 aliphatic rings. The van der Waals surface area contributed by atoms with Crippen LogP contribution in [0.2, 0.25) is 13.1 Å². The molecule has 5 heteroatoms. The summed E-state index contributed by atoms with van der Waals surface area (Å²) in [5.41, 5.74) is 5.33. The SMILES string of the molecule is C[SiH](C)CSCC[C@H](N)C(=O)O. The molecule has 0 fully saturated rings. The zero-order valence-corrected chi connectivity index (χ0v) is 9.59. The molecule has 0 aromatic rings. The average molecular weight is 207 g/mol. The highest BCUT2D eigenvalue weighted by molar-refractivity contribution is 8.00. The molecular weight excluding hydrogens is 190 g/mol. The molecule has 0 rings (SSSR count). The van der Waals surface area contributed by atoms with Gasteiger partial charge in [0.15, 0.2) is 0 Å². The maximum Gasteiger partial charge on any atom is 0.320 e. The van der Waals surface area contributed by atoms with Gasteiger partial charge in [-0.1, -0.05) is 13.1 Å². The Morgan fingerprint density at radius 3 is 2.67 bits per heavy atom. The van der Waals surface area contributed by atoms with Gasteiger partial charge in [0, 0.05) is 8.80 Å². The normalized spacial score (nSPS) is 13.3. The summed E-state index contributed by atoms with van der Waals surface area (Å²) in [5.74, 6) is -0.0176. The molecule has 0 spiro atoms. The molecule has 3 N–H and O–H groups in total. The van der Waals surface area contributed by atoms with E-state index in [-0.39, 0.29) is 0 Å². The van der Waals surface area contributed by atoms with Crippen LogP contribution in [0.15, 0.2) is 0 Å². The van der Waals surface area contributed by atoms with Crippen LogP contribution in [0.3, 0.4) is 0 Å². The third-order valence-corrected chi connectivity index (χ3v) is 5.48. The molecular formula is C7H17NO2SSi. The maximum atomic E-state index is 10.3. The number of carboxylic acid groups (broad SMARTS) is 1. The Morgan fingerprint density at radius 1 is 1.67 bits per heavy atom. The van der Waals surface area contributed by atoms with Crippen molar-refractivity contribution in [2.75, 3.05) is 11.1 Å². The largest absolute Gasteiger partial charge is 0.480 e. The fourth-order valence-corrected chi connectivity index (χ4v) is 3.63. The molecule has 0 bridgehead atoms. The predicted octanol–water partition coefficient (Wildman–Crippen LogP) is 0.547. The summed E-state index contributed by atoms with van der Waals surface area (Å²) in [6.45, 7) is 4.56. The Kier molecular flexibility index (Phi) is 6.50. The van der Waals surface area contributed by atoms with Gasteiger partial charge in [-0.25, -0.2) is 0 Å². The Hall–Kier alpha value is -0.00312. The van der Waals surface area contributed by atoms with Crippen LogP contribution in [-0.2, 0) is 4.79 Å². The second-order valence-electron chi connectivity index (χ2n) is 3.20. The molecule has 0 amide bonds. The first-order valence-corrected chi connectivity index (χ1v) is 8.38. The molecule has 3 nitrogen and oxygen atoms in total. The molecule has 72 valence electrons. The number of rotatable bonds is 6. The standard InChI is InChI=1S/C7H17NO2SSi/c1-12(2)5-11-4-3-6(8)7(9)10/h6,12H,3-5,8H2,1-2H3,(H,9,10)/t6-/m0/s1. The van der Waals surface area contributed by atoms with E-state index in [2.05, 4.69) is 13.1 Å². The van der Waals surface area contributed by atoms with Crippen molar-refractivity contribution in [3.8, 4) is 0 Å². The first-order valence-electron chi connectivity index (χ1n) is 4.10. The smallest absolute Gasteiger partial charge is 0.320 e. The molecule has 0 radical (unpaired) electrons. The van der Waals surface area contributed by atoms with Gasteiger partial charge in [-0.15, -0.1) is 0 Å². The van der Waals surface area contributed by atoms with Crippen molar-refractivity contribution >= 4 is 26.5 Å². The third kappa shape index (κ3) is 6.69. The van der Waals surface area contributed by atoms with Crippen molar-refractivity contribution in [2.45, 2.75) is 25.6 Å². The van der Waals surface area contributed by atoms with Crippen LogP contribution in [0.5, 0.6) is 0 Å². The highest BCUT2D eigenvalue weighted by Crippen LogP contribution is 2.05.